The van der Waals surface area contributed by atoms with Crippen LogP contribution in [0.15, 0.2) is 18.2 Å². The molecule has 0 amide bonds. The highest BCUT2D eigenvalue weighted by atomic mass is 19.1. The van der Waals surface area contributed by atoms with E-state index in [1.54, 1.807) is 13.0 Å². The summed E-state index contributed by atoms with van der Waals surface area (Å²) in [5.74, 6) is -0.482. The lowest BCUT2D eigenvalue weighted by Crippen LogP contribution is -2.51. The topological polar surface area (TPSA) is 58.6 Å². The van der Waals surface area contributed by atoms with Crippen LogP contribution in [0.3, 0.4) is 0 Å². The second kappa shape index (κ2) is 7.98. The second-order valence-corrected chi connectivity index (χ2v) is 5.13. The number of halogens is 1. The minimum Gasteiger partial charge on any atom is -0.493 e. The van der Waals surface area contributed by atoms with Crippen LogP contribution in [0.5, 0.6) is 5.75 Å². The summed E-state index contributed by atoms with van der Waals surface area (Å²) >= 11 is 0. The third-order valence-electron chi connectivity index (χ3n) is 3.67. The van der Waals surface area contributed by atoms with Crippen molar-refractivity contribution in [3.8, 4) is 5.75 Å². The lowest BCUT2D eigenvalue weighted by molar-refractivity contribution is -0.145. The first-order chi connectivity index (χ1) is 9.95. The molecule has 0 aliphatic rings. The van der Waals surface area contributed by atoms with Crippen molar-refractivity contribution in [1.82, 2.24) is 5.32 Å². The molecule has 0 aliphatic heterocycles. The Kier molecular flexibility index (Phi) is 6.62. The average molecular weight is 297 g/mol. The minimum atomic E-state index is -0.893. The molecule has 0 radical (unpaired) electrons. The monoisotopic (exact) mass is 297 g/mol. The van der Waals surface area contributed by atoms with Crippen molar-refractivity contribution in [2.45, 2.75) is 45.6 Å². The van der Waals surface area contributed by atoms with E-state index in [9.17, 15) is 14.3 Å². The summed E-state index contributed by atoms with van der Waals surface area (Å²) in [4.78, 5) is 11.5. The number of rotatable bonds is 9. The van der Waals surface area contributed by atoms with Gasteiger partial charge >= 0.3 is 5.97 Å². The average Bonchev–Trinajstić information content (AvgIpc) is 2.43. The predicted octanol–water partition coefficient (Wildman–Crippen LogP) is 3.14. The number of carbonyl (C=O) groups is 1. The van der Waals surface area contributed by atoms with E-state index in [2.05, 4.69) is 5.32 Å². The van der Waals surface area contributed by atoms with Gasteiger partial charge in [0.25, 0.3) is 0 Å². The number of ether oxygens (including phenoxy) is 1. The third kappa shape index (κ3) is 4.70. The lowest BCUT2D eigenvalue weighted by atomic mass is 9.90. The fourth-order valence-electron chi connectivity index (χ4n) is 2.39. The zero-order valence-electron chi connectivity index (χ0n) is 12.9. The Hall–Kier alpha value is -1.62. The fraction of sp³-hybridized carbons (Fsp3) is 0.562. The molecule has 118 valence electrons. The van der Waals surface area contributed by atoms with Crippen LogP contribution in [0.4, 0.5) is 4.39 Å². The maximum absolute atomic E-state index is 13.0. The number of nitrogens with one attached hydrogen (secondary N) is 1. The van der Waals surface area contributed by atoms with Crippen molar-refractivity contribution < 1.29 is 19.0 Å². The first-order valence-electron chi connectivity index (χ1n) is 7.32. The zero-order chi connectivity index (χ0) is 15.9. The van der Waals surface area contributed by atoms with Gasteiger partial charge in [-0.3, -0.25) is 4.79 Å². The summed E-state index contributed by atoms with van der Waals surface area (Å²) in [5.41, 5.74) is -0.155. The van der Waals surface area contributed by atoms with Gasteiger partial charge in [-0.25, -0.2) is 4.39 Å². The number of carboxylic acid groups (broad SMARTS) is 1. The maximum atomic E-state index is 13.0. The Labute approximate surface area is 125 Å². The number of carboxylic acids is 1. The summed E-state index contributed by atoms with van der Waals surface area (Å²) in [7, 11) is 0. The van der Waals surface area contributed by atoms with Gasteiger partial charge in [-0.15, -0.1) is 0 Å². The van der Waals surface area contributed by atoms with Crippen LogP contribution in [0.25, 0.3) is 0 Å². The van der Waals surface area contributed by atoms with E-state index in [1.165, 1.54) is 12.1 Å². The molecule has 0 aliphatic carbocycles. The highest BCUT2D eigenvalue weighted by molar-refractivity contribution is 5.78. The van der Waals surface area contributed by atoms with Crippen molar-refractivity contribution in [1.29, 1.82) is 0 Å². The van der Waals surface area contributed by atoms with E-state index in [-0.39, 0.29) is 5.82 Å². The molecule has 0 heterocycles. The zero-order valence-corrected chi connectivity index (χ0v) is 12.9. The molecular formula is C16H24FNO3. The molecule has 1 aromatic rings. The van der Waals surface area contributed by atoms with Crippen molar-refractivity contribution in [2.75, 3.05) is 13.2 Å². The van der Waals surface area contributed by atoms with Crippen molar-refractivity contribution in [3.63, 3.8) is 0 Å². The molecular weight excluding hydrogens is 273 g/mol. The first kappa shape index (κ1) is 17.4. The molecule has 0 aromatic heterocycles. The van der Waals surface area contributed by atoms with Gasteiger partial charge < -0.3 is 15.2 Å². The molecule has 1 atom stereocenters. The number of aryl methyl sites for hydroxylation is 1. The smallest absolute Gasteiger partial charge is 0.323 e. The molecule has 1 aromatic carbocycles. The summed E-state index contributed by atoms with van der Waals surface area (Å²) in [5, 5.41) is 12.5. The molecule has 21 heavy (non-hydrogen) atoms. The first-order valence-corrected chi connectivity index (χ1v) is 7.32. The van der Waals surface area contributed by atoms with Gasteiger partial charge in [0.2, 0.25) is 0 Å². The van der Waals surface area contributed by atoms with E-state index in [0.29, 0.717) is 38.2 Å². The Morgan fingerprint density at radius 3 is 2.67 bits per heavy atom. The number of aliphatic carboxylic acids is 1. The van der Waals surface area contributed by atoms with E-state index < -0.39 is 11.5 Å². The third-order valence-corrected chi connectivity index (χ3v) is 3.67. The molecule has 4 nitrogen and oxygen atoms in total. The quantitative estimate of drug-likeness (QED) is 0.688. The van der Waals surface area contributed by atoms with Crippen molar-refractivity contribution >= 4 is 5.97 Å². The standard InChI is InChI=1S/C16H24FNO3/c1-4-16(15(19)20,18-5-2)9-6-10-21-14-8-7-13(17)11-12(14)3/h7-8,11,18H,4-6,9-10H2,1-3H3,(H,19,20). The summed E-state index contributed by atoms with van der Waals surface area (Å²) < 4.78 is 18.6. The van der Waals surface area contributed by atoms with E-state index >= 15 is 0 Å². The number of benzene rings is 1. The summed E-state index contributed by atoms with van der Waals surface area (Å²) in [6.07, 6.45) is 1.63. The van der Waals surface area contributed by atoms with Gasteiger partial charge in [-0.05, 0) is 56.5 Å². The Morgan fingerprint density at radius 1 is 1.43 bits per heavy atom. The van der Waals surface area contributed by atoms with Gasteiger partial charge in [0.05, 0.1) is 6.61 Å². The SMILES string of the molecule is CCNC(CC)(CCCOc1ccc(F)cc1C)C(=O)O. The Bertz CT molecular complexity index is 479. The minimum absolute atomic E-state index is 0.289. The molecule has 1 unspecified atom stereocenters. The van der Waals surface area contributed by atoms with Gasteiger partial charge in [0, 0.05) is 0 Å². The largest absolute Gasteiger partial charge is 0.493 e. The van der Waals surface area contributed by atoms with Gasteiger partial charge in [-0.1, -0.05) is 13.8 Å². The van der Waals surface area contributed by atoms with E-state index in [4.69, 9.17) is 4.74 Å². The van der Waals surface area contributed by atoms with Crippen LogP contribution in [0.1, 0.15) is 38.7 Å². The number of likely N-dealkylation sites (N-methyl/N-ethyl adjacent to an activating group) is 1. The normalized spacial score (nSPS) is 13.7. The number of hydrogen-bond acceptors (Lipinski definition) is 3. The molecule has 2 N–H and O–H groups in total. The molecule has 0 spiro atoms. The van der Waals surface area contributed by atoms with Gasteiger partial charge in [-0.2, -0.15) is 0 Å². The number of hydrogen-bond donors (Lipinski definition) is 2. The highest BCUT2D eigenvalue weighted by Crippen LogP contribution is 2.21. The molecule has 5 heteroatoms. The van der Waals surface area contributed by atoms with Crippen LogP contribution in [-0.2, 0) is 4.79 Å². The predicted molar refractivity (Wildman–Crippen MR) is 80.2 cm³/mol. The second-order valence-electron chi connectivity index (χ2n) is 5.13. The molecule has 0 bridgehead atoms. The Morgan fingerprint density at radius 2 is 2.14 bits per heavy atom. The van der Waals surface area contributed by atoms with Gasteiger partial charge in [0.15, 0.2) is 0 Å². The Balaban J connectivity index is 2.53. The van der Waals surface area contributed by atoms with Crippen LogP contribution < -0.4 is 10.1 Å². The summed E-state index contributed by atoms with van der Waals surface area (Å²) in [6, 6.07) is 4.37. The van der Waals surface area contributed by atoms with Gasteiger partial charge in [0.1, 0.15) is 17.1 Å². The molecule has 0 saturated carbocycles. The van der Waals surface area contributed by atoms with E-state index in [1.807, 2.05) is 13.8 Å². The lowest BCUT2D eigenvalue weighted by Gasteiger charge is -2.29. The van der Waals surface area contributed by atoms with Crippen molar-refractivity contribution in [2.24, 2.45) is 0 Å². The maximum Gasteiger partial charge on any atom is 0.323 e. The fourth-order valence-corrected chi connectivity index (χ4v) is 2.39. The van der Waals surface area contributed by atoms with E-state index in [0.717, 1.165) is 5.56 Å². The van der Waals surface area contributed by atoms with Crippen LogP contribution in [0, 0.1) is 12.7 Å². The highest BCUT2D eigenvalue weighted by Gasteiger charge is 2.34. The van der Waals surface area contributed by atoms with Crippen molar-refractivity contribution in [3.05, 3.63) is 29.6 Å². The molecule has 1 rings (SSSR count). The molecule has 0 saturated heterocycles. The van der Waals surface area contributed by atoms with Crippen LogP contribution >= 0.6 is 0 Å². The molecule has 0 fully saturated rings. The van der Waals surface area contributed by atoms with Crippen LogP contribution in [-0.4, -0.2) is 29.8 Å². The summed E-state index contributed by atoms with van der Waals surface area (Å²) in [6.45, 7) is 6.56. The van der Waals surface area contributed by atoms with Crippen LogP contribution in [0.2, 0.25) is 0 Å².